The van der Waals surface area contributed by atoms with Crippen LogP contribution in [-0.4, -0.2) is 16.3 Å². The first kappa shape index (κ1) is 16.3. The maximum atomic E-state index is 12.3. The van der Waals surface area contributed by atoms with Gasteiger partial charge in [0.2, 0.25) is 0 Å². The number of aryl methyl sites for hydroxylation is 2. The Kier molecular flexibility index (Phi) is 5.00. The minimum atomic E-state index is -0.400. The van der Waals surface area contributed by atoms with Crippen molar-refractivity contribution in [1.29, 1.82) is 0 Å². The summed E-state index contributed by atoms with van der Waals surface area (Å²) < 4.78 is 15.4. The molecule has 0 saturated carbocycles. The SMILES string of the molecule is Cc1cc(COC(=O)c2ccccc2SCc2cc(C)on2)on1. The van der Waals surface area contributed by atoms with E-state index in [2.05, 4.69) is 10.3 Å². The minimum Gasteiger partial charge on any atom is -0.454 e. The van der Waals surface area contributed by atoms with Crippen LogP contribution in [0.25, 0.3) is 0 Å². The molecule has 0 unspecified atom stereocenters. The molecule has 3 rings (SSSR count). The van der Waals surface area contributed by atoms with Crippen LogP contribution in [0.2, 0.25) is 0 Å². The van der Waals surface area contributed by atoms with Crippen LogP contribution in [0.3, 0.4) is 0 Å². The first-order valence-corrected chi connectivity index (χ1v) is 8.34. The van der Waals surface area contributed by atoms with Gasteiger partial charge >= 0.3 is 5.97 Å². The molecule has 24 heavy (non-hydrogen) atoms. The second-order valence-electron chi connectivity index (χ2n) is 5.22. The number of carbonyl (C=O) groups is 1. The molecule has 2 aromatic heterocycles. The van der Waals surface area contributed by atoms with Crippen LogP contribution in [0, 0.1) is 13.8 Å². The summed E-state index contributed by atoms with van der Waals surface area (Å²) in [4.78, 5) is 13.2. The first-order chi connectivity index (χ1) is 11.6. The number of hydrogen-bond donors (Lipinski definition) is 0. The number of ether oxygens (including phenoxy) is 1. The fraction of sp³-hybridized carbons (Fsp3) is 0.235. The van der Waals surface area contributed by atoms with Gasteiger partial charge in [-0.05, 0) is 26.0 Å². The molecule has 0 N–H and O–H groups in total. The van der Waals surface area contributed by atoms with Gasteiger partial charge in [-0.25, -0.2) is 4.79 Å². The molecular formula is C17H16N2O4S. The highest BCUT2D eigenvalue weighted by atomic mass is 32.2. The van der Waals surface area contributed by atoms with E-state index in [1.165, 1.54) is 11.8 Å². The van der Waals surface area contributed by atoms with Crippen molar-refractivity contribution >= 4 is 17.7 Å². The summed E-state index contributed by atoms with van der Waals surface area (Å²) in [6.07, 6.45) is 0. The number of nitrogens with zero attached hydrogens (tertiary/aromatic N) is 2. The summed E-state index contributed by atoms with van der Waals surface area (Å²) >= 11 is 1.51. The van der Waals surface area contributed by atoms with E-state index >= 15 is 0 Å². The van der Waals surface area contributed by atoms with Crippen molar-refractivity contribution in [3.8, 4) is 0 Å². The van der Waals surface area contributed by atoms with E-state index < -0.39 is 5.97 Å². The van der Waals surface area contributed by atoms with E-state index in [0.29, 0.717) is 17.1 Å². The highest BCUT2D eigenvalue weighted by Crippen LogP contribution is 2.27. The van der Waals surface area contributed by atoms with Crippen molar-refractivity contribution in [2.75, 3.05) is 0 Å². The van der Waals surface area contributed by atoms with Crippen LogP contribution >= 0.6 is 11.8 Å². The molecule has 3 aromatic rings. The van der Waals surface area contributed by atoms with E-state index in [1.54, 1.807) is 18.2 Å². The van der Waals surface area contributed by atoms with E-state index in [0.717, 1.165) is 22.0 Å². The maximum absolute atomic E-state index is 12.3. The lowest BCUT2D eigenvalue weighted by Crippen LogP contribution is -2.06. The van der Waals surface area contributed by atoms with E-state index in [-0.39, 0.29) is 6.61 Å². The zero-order valence-corrected chi connectivity index (χ0v) is 14.1. The average molecular weight is 344 g/mol. The van der Waals surface area contributed by atoms with Crippen molar-refractivity contribution in [2.45, 2.75) is 31.1 Å². The number of carbonyl (C=O) groups excluding carboxylic acids is 1. The number of aromatic nitrogens is 2. The van der Waals surface area contributed by atoms with Gasteiger partial charge in [0.1, 0.15) is 5.76 Å². The summed E-state index contributed by atoms with van der Waals surface area (Å²) in [5.74, 6) is 1.50. The molecule has 0 amide bonds. The van der Waals surface area contributed by atoms with Crippen molar-refractivity contribution < 1.29 is 18.6 Å². The Bertz CT molecular complexity index is 840. The molecule has 0 aliphatic rings. The van der Waals surface area contributed by atoms with Crippen molar-refractivity contribution in [2.24, 2.45) is 0 Å². The molecule has 2 heterocycles. The number of hydrogen-bond acceptors (Lipinski definition) is 7. The first-order valence-electron chi connectivity index (χ1n) is 7.35. The zero-order chi connectivity index (χ0) is 16.9. The summed E-state index contributed by atoms with van der Waals surface area (Å²) in [5.41, 5.74) is 2.09. The van der Waals surface area contributed by atoms with Crippen molar-refractivity contribution in [1.82, 2.24) is 10.3 Å². The predicted octanol–water partition coefficient (Wildman–Crippen LogP) is 3.93. The second-order valence-corrected chi connectivity index (χ2v) is 6.24. The fourth-order valence-corrected chi connectivity index (χ4v) is 3.02. The molecule has 0 fully saturated rings. The zero-order valence-electron chi connectivity index (χ0n) is 13.3. The highest BCUT2D eigenvalue weighted by Gasteiger charge is 2.14. The monoisotopic (exact) mass is 344 g/mol. The predicted molar refractivity (Wildman–Crippen MR) is 87.6 cm³/mol. The summed E-state index contributed by atoms with van der Waals surface area (Å²) in [6.45, 7) is 3.71. The molecule has 0 radical (unpaired) electrons. The Balaban J connectivity index is 1.65. The molecule has 0 spiro atoms. The maximum Gasteiger partial charge on any atom is 0.339 e. The van der Waals surface area contributed by atoms with Gasteiger partial charge in [0.25, 0.3) is 0 Å². The average Bonchev–Trinajstić information content (AvgIpc) is 3.19. The Labute approximate surface area is 143 Å². The Hall–Kier alpha value is -2.54. The quantitative estimate of drug-likeness (QED) is 0.495. The Morgan fingerprint density at radius 2 is 2.00 bits per heavy atom. The van der Waals surface area contributed by atoms with Crippen molar-refractivity contribution in [3.05, 3.63) is 64.9 Å². The molecule has 0 saturated heterocycles. The molecule has 0 bridgehead atoms. The van der Waals surface area contributed by atoms with Gasteiger partial charge in [-0.2, -0.15) is 0 Å². The van der Waals surface area contributed by atoms with Crippen LogP contribution in [0.15, 0.2) is 50.3 Å². The third-order valence-corrected chi connectivity index (χ3v) is 4.29. The molecule has 0 aliphatic heterocycles. The number of thioether (sulfide) groups is 1. The van der Waals surface area contributed by atoms with Crippen LogP contribution in [0.5, 0.6) is 0 Å². The Morgan fingerprint density at radius 3 is 2.71 bits per heavy atom. The lowest BCUT2D eigenvalue weighted by molar-refractivity contribution is 0.0433. The molecule has 1 aromatic carbocycles. The fourth-order valence-electron chi connectivity index (χ4n) is 2.10. The summed E-state index contributed by atoms with van der Waals surface area (Å²) in [5, 5.41) is 7.72. The van der Waals surface area contributed by atoms with Crippen LogP contribution < -0.4 is 0 Å². The van der Waals surface area contributed by atoms with Gasteiger partial charge in [-0.3, -0.25) is 0 Å². The summed E-state index contributed by atoms with van der Waals surface area (Å²) in [7, 11) is 0. The highest BCUT2D eigenvalue weighted by molar-refractivity contribution is 7.98. The number of esters is 1. The lowest BCUT2D eigenvalue weighted by atomic mass is 10.2. The smallest absolute Gasteiger partial charge is 0.339 e. The van der Waals surface area contributed by atoms with Gasteiger partial charge in [0.05, 0.1) is 17.0 Å². The molecule has 6 nitrogen and oxygen atoms in total. The van der Waals surface area contributed by atoms with Crippen LogP contribution in [-0.2, 0) is 17.1 Å². The van der Waals surface area contributed by atoms with Gasteiger partial charge in [0.15, 0.2) is 12.4 Å². The lowest BCUT2D eigenvalue weighted by Gasteiger charge is -2.07. The largest absolute Gasteiger partial charge is 0.454 e. The van der Waals surface area contributed by atoms with Gasteiger partial charge < -0.3 is 13.8 Å². The van der Waals surface area contributed by atoms with Gasteiger partial charge in [-0.1, -0.05) is 22.4 Å². The molecular weight excluding hydrogens is 328 g/mol. The molecule has 0 atom stereocenters. The number of rotatable bonds is 6. The van der Waals surface area contributed by atoms with Crippen LogP contribution in [0.1, 0.15) is 33.3 Å². The molecule has 7 heteroatoms. The second kappa shape index (κ2) is 7.35. The van der Waals surface area contributed by atoms with Gasteiger partial charge in [-0.15, -0.1) is 11.8 Å². The van der Waals surface area contributed by atoms with E-state index in [9.17, 15) is 4.79 Å². The number of benzene rings is 1. The normalized spacial score (nSPS) is 10.8. The van der Waals surface area contributed by atoms with Gasteiger partial charge in [0, 0.05) is 22.8 Å². The topological polar surface area (TPSA) is 78.4 Å². The van der Waals surface area contributed by atoms with Crippen LogP contribution in [0.4, 0.5) is 0 Å². The Morgan fingerprint density at radius 1 is 1.17 bits per heavy atom. The molecule has 124 valence electrons. The van der Waals surface area contributed by atoms with Crippen molar-refractivity contribution in [3.63, 3.8) is 0 Å². The molecule has 0 aliphatic carbocycles. The third kappa shape index (κ3) is 4.05. The van der Waals surface area contributed by atoms with E-state index in [1.807, 2.05) is 32.0 Å². The minimum absolute atomic E-state index is 0.0567. The summed E-state index contributed by atoms with van der Waals surface area (Å²) in [6, 6.07) is 10.9. The van der Waals surface area contributed by atoms with E-state index in [4.69, 9.17) is 13.8 Å². The third-order valence-electron chi connectivity index (χ3n) is 3.18. The standard InChI is InChI=1S/C17H16N2O4S/c1-11-7-14(23-18-11)9-21-17(20)15-5-3-4-6-16(15)24-10-13-8-12(2)22-19-13/h3-8H,9-10H2,1-2H3.